The summed E-state index contributed by atoms with van der Waals surface area (Å²) in [5, 5.41) is 12.8. The quantitative estimate of drug-likeness (QED) is 0.558. The Labute approximate surface area is 178 Å². The van der Waals surface area contributed by atoms with Crippen LogP contribution < -0.4 is 4.74 Å². The Bertz CT molecular complexity index is 1210. The van der Waals surface area contributed by atoms with Crippen molar-refractivity contribution in [3.63, 3.8) is 0 Å². The van der Waals surface area contributed by atoms with E-state index in [0.29, 0.717) is 18.9 Å². The maximum Gasteiger partial charge on any atom is 0.433 e. The minimum Gasteiger partial charge on any atom is -0.459 e. The van der Waals surface area contributed by atoms with E-state index in [9.17, 15) is 26.0 Å². The fraction of sp³-hybridized carbons (Fsp3) is 0.353. The Kier molecular flexibility index (Phi) is 5.77. The van der Waals surface area contributed by atoms with Crippen molar-refractivity contribution in [3.05, 3.63) is 42.0 Å². The summed E-state index contributed by atoms with van der Waals surface area (Å²) in [5.41, 5.74) is -1.31. The number of ether oxygens (including phenoxy) is 1. The van der Waals surface area contributed by atoms with Crippen molar-refractivity contribution in [1.82, 2.24) is 34.9 Å². The van der Waals surface area contributed by atoms with E-state index < -0.39 is 39.8 Å². The van der Waals surface area contributed by atoms with E-state index in [1.54, 1.807) is 0 Å². The smallest absolute Gasteiger partial charge is 0.433 e. The maximum absolute atomic E-state index is 14.1. The molecule has 15 heteroatoms. The maximum atomic E-state index is 14.1. The molecule has 0 radical (unpaired) electrons. The number of halogens is 4. The number of hydrogen-bond donors (Lipinski definition) is 1. The highest BCUT2D eigenvalue weighted by Crippen LogP contribution is 2.29. The Morgan fingerprint density at radius 1 is 1.22 bits per heavy atom. The van der Waals surface area contributed by atoms with E-state index in [0.717, 1.165) is 28.7 Å². The van der Waals surface area contributed by atoms with Gasteiger partial charge < -0.3 is 4.74 Å². The van der Waals surface area contributed by atoms with Crippen molar-refractivity contribution in [1.29, 1.82) is 0 Å². The molecule has 0 saturated carbocycles. The Hall–Kier alpha value is -3.20. The zero-order chi connectivity index (χ0) is 22.9. The number of rotatable bonds is 5. The van der Waals surface area contributed by atoms with E-state index >= 15 is 0 Å². The highest BCUT2D eigenvalue weighted by Gasteiger charge is 2.35. The normalized spacial score (nSPS) is 17.9. The number of benzene rings is 1. The van der Waals surface area contributed by atoms with Crippen LogP contribution in [0.25, 0.3) is 11.4 Å². The number of nitrogens with zero attached hydrogens (tertiary/aromatic N) is 6. The standard InChI is InChI=1S/C17H15F4N7O3S/c18-13-4-3-11(8-12(13)15-24-26-27-25-15)32(29,30)28-7-1-2-10(9-28)31-16-22-6-5-14(23-16)17(19,20)21/h3-6,8,10H,1-2,7,9H2,(H,24,25,26,27). The van der Waals surface area contributed by atoms with Gasteiger partial charge >= 0.3 is 12.2 Å². The third-order valence-corrected chi connectivity index (χ3v) is 6.56. The number of hydrogen-bond acceptors (Lipinski definition) is 8. The van der Waals surface area contributed by atoms with Crippen LogP contribution in [0.4, 0.5) is 17.6 Å². The summed E-state index contributed by atoms with van der Waals surface area (Å²) in [6.45, 7) is 0.0113. The summed E-state index contributed by atoms with van der Waals surface area (Å²) in [6, 6.07) is 3.39. The Morgan fingerprint density at radius 3 is 2.75 bits per heavy atom. The van der Waals surface area contributed by atoms with Crippen LogP contribution in [0.15, 0.2) is 35.4 Å². The van der Waals surface area contributed by atoms with Gasteiger partial charge in [-0.05, 0) is 42.3 Å². The SMILES string of the molecule is O=S(=O)(c1ccc(F)c(-c2nn[nH]n2)c1)N1CCCC(Oc2nccc(C(F)(F)F)n2)C1. The van der Waals surface area contributed by atoms with Crippen LogP contribution in [0.2, 0.25) is 0 Å². The second-order valence-electron chi connectivity index (χ2n) is 6.84. The average molecular weight is 473 g/mol. The molecule has 1 N–H and O–H groups in total. The van der Waals surface area contributed by atoms with Gasteiger partial charge in [0, 0.05) is 12.7 Å². The zero-order valence-corrected chi connectivity index (χ0v) is 16.9. The summed E-state index contributed by atoms with van der Waals surface area (Å²) in [6.07, 6.45) is -3.73. The monoisotopic (exact) mass is 473 g/mol. The molecule has 170 valence electrons. The second-order valence-corrected chi connectivity index (χ2v) is 8.78. The fourth-order valence-electron chi connectivity index (χ4n) is 3.19. The van der Waals surface area contributed by atoms with Crippen molar-refractivity contribution in [3.8, 4) is 17.4 Å². The van der Waals surface area contributed by atoms with Gasteiger partial charge in [-0.25, -0.2) is 17.8 Å². The molecule has 1 aromatic carbocycles. The Morgan fingerprint density at radius 2 is 2.03 bits per heavy atom. The zero-order valence-electron chi connectivity index (χ0n) is 16.1. The number of tetrazole rings is 1. The first-order chi connectivity index (χ1) is 15.1. The molecule has 1 atom stereocenters. The van der Waals surface area contributed by atoms with Gasteiger partial charge in [0.2, 0.25) is 15.8 Å². The van der Waals surface area contributed by atoms with Crippen LogP contribution in [-0.4, -0.2) is 62.5 Å². The number of piperidine rings is 1. The third-order valence-electron chi connectivity index (χ3n) is 4.70. The van der Waals surface area contributed by atoms with Crippen molar-refractivity contribution in [2.45, 2.75) is 30.0 Å². The third kappa shape index (κ3) is 4.52. The molecule has 3 heterocycles. The minimum atomic E-state index is -4.66. The topological polar surface area (TPSA) is 127 Å². The average Bonchev–Trinajstić information content (AvgIpc) is 3.28. The number of H-pyrrole nitrogens is 1. The molecule has 0 amide bonds. The van der Waals surface area contributed by atoms with E-state index in [-0.39, 0.29) is 29.4 Å². The highest BCUT2D eigenvalue weighted by molar-refractivity contribution is 7.89. The van der Waals surface area contributed by atoms with Gasteiger partial charge in [0.15, 0.2) is 5.69 Å². The van der Waals surface area contributed by atoms with E-state index in [1.807, 2.05) is 0 Å². The summed E-state index contributed by atoms with van der Waals surface area (Å²) in [4.78, 5) is 6.82. The second kappa shape index (κ2) is 8.38. The molecule has 1 aliphatic heterocycles. The van der Waals surface area contributed by atoms with Crippen LogP contribution in [0.5, 0.6) is 6.01 Å². The molecule has 0 spiro atoms. The molecular weight excluding hydrogens is 458 g/mol. The number of sulfonamides is 1. The molecule has 1 aliphatic rings. The molecule has 4 rings (SSSR count). The van der Waals surface area contributed by atoms with Crippen LogP contribution in [0.3, 0.4) is 0 Å². The first-order valence-electron chi connectivity index (χ1n) is 9.25. The van der Waals surface area contributed by atoms with Gasteiger partial charge in [-0.15, -0.1) is 10.2 Å². The predicted octanol–water partition coefficient (Wildman–Crippen LogP) is 2.05. The largest absolute Gasteiger partial charge is 0.459 e. The number of nitrogens with one attached hydrogen (secondary N) is 1. The van der Waals surface area contributed by atoms with Gasteiger partial charge in [-0.1, -0.05) is 0 Å². The van der Waals surface area contributed by atoms with Crippen molar-refractivity contribution in [2.24, 2.45) is 0 Å². The fourth-order valence-corrected chi connectivity index (χ4v) is 4.72. The summed E-state index contributed by atoms with van der Waals surface area (Å²) < 4.78 is 85.4. The first kappa shape index (κ1) is 22.0. The van der Waals surface area contributed by atoms with Gasteiger partial charge in [-0.2, -0.15) is 27.7 Å². The number of aromatic nitrogens is 6. The lowest BCUT2D eigenvalue weighted by atomic mass is 10.1. The first-order valence-corrected chi connectivity index (χ1v) is 10.7. The molecular formula is C17H15F4N7O3S. The van der Waals surface area contributed by atoms with Crippen molar-refractivity contribution < 1.29 is 30.7 Å². The van der Waals surface area contributed by atoms with E-state index in [4.69, 9.17) is 4.74 Å². The lowest BCUT2D eigenvalue weighted by molar-refractivity contribution is -0.141. The van der Waals surface area contributed by atoms with Gasteiger partial charge in [-0.3, -0.25) is 0 Å². The lowest BCUT2D eigenvalue weighted by Gasteiger charge is -2.31. The van der Waals surface area contributed by atoms with Gasteiger partial charge in [0.25, 0.3) is 0 Å². The predicted molar refractivity (Wildman–Crippen MR) is 99.0 cm³/mol. The van der Waals surface area contributed by atoms with Gasteiger partial charge in [0.05, 0.1) is 17.0 Å². The number of alkyl halides is 3. The Balaban J connectivity index is 1.54. The number of aromatic amines is 1. The van der Waals surface area contributed by atoms with Gasteiger partial charge in [0.1, 0.15) is 11.9 Å². The van der Waals surface area contributed by atoms with Crippen LogP contribution in [0.1, 0.15) is 18.5 Å². The van der Waals surface area contributed by atoms with E-state index in [2.05, 4.69) is 30.6 Å². The molecule has 1 unspecified atom stereocenters. The molecule has 10 nitrogen and oxygen atoms in total. The molecule has 32 heavy (non-hydrogen) atoms. The van der Waals surface area contributed by atoms with Crippen LogP contribution >= 0.6 is 0 Å². The molecule has 0 bridgehead atoms. The van der Waals surface area contributed by atoms with Crippen molar-refractivity contribution in [2.75, 3.05) is 13.1 Å². The lowest BCUT2D eigenvalue weighted by Crippen LogP contribution is -2.44. The summed E-state index contributed by atoms with van der Waals surface area (Å²) in [7, 11) is -4.07. The summed E-state index contributed by atoms with van der Waals surface area (Å²) in [5.74, 6) is -0.840. The molecule has 1 fully saturated rings. The molecule has 2 aromatic heterocycles. The molecule has 3 aromatic rings. The molecule has 1 saturated heterocycles. The van der Waals surface area contributed by atoms with Crippen LogP contribution in [-0.2, 0) is 16.2 Å². The van der Waals surface area contributed by atoms with Crippen molar-refractivity contribution >= 4 is 10.0 Å². The minimum absolute atomic E-state index is 0.110. The summed E-state index contributed by atoms with van der Waals surface area (Å²) >= 11 is 0. The molecule has 0 aliphatic carbocycles. The van der Waals surface area contributed by atoms with Crippen LogP contribution in [0, 0.1) is 5.82 Å². The highest BCUT2D eigenvalue weighted by atomic mass is 32.2. The van der Waals surface area contributed by atoms with E-state index in [1.165, 1.54) is 0 Å².